The standard InChI is InChI=1S/C46H76NO9P/c1-3-5-7-9-11-13-15-17-19-20-21-22-23-25-27-29-31-33-35-37-39-53-40-43(41-54-57(51,52)55-42-44(47)46(49)50)56-45(48)38-36-34-32-30-28-26-24-18-16-14-12-10-8-6-4-2/h5-8,11-14,17-19,21-22,24-25,27,43-44H,3-4,9-10,15-16,20,23,26,28-42,47H2,1-2H3,(H,49,50)(H,51,52)/b7-5-,8-6-,13-11-,14-12-,19-17-,22-21-,24-18-,27-25-. The van der Waals surface area contributed by atoms with E-state index in [2.05, 4.69) is 111 Å². The van der Waals surface area contributed by atoms with E-state index in [0.29, 0.717) is 13.0 Å². The number of aliphatic carboxylic acids is 1. The number of phosphoric acid groups is 1. The Balaban J connectivity index is 4.35. The largest absolute Gasteiger partial charge is 0.480 e. The third-order valence-corrected chi connectivity index (χ3v) is 9.31. The molecule has 0 aromatic rings. The minimum Gasteiger partial charge on any atom is -0.480 e. The zero-order chi connectivity index (χ0) is 41.9. The highest BCUT2D eigenvalue weighted by Crippen LogP contribution is 2.43. The third-order valence-electron chi connectivity index (χ3n) is 8.36. The van der Waals surface area contributed by atoms with Crippen molar-refractivity contribution in [3.8, 4) is 0 Å². The summed E-state index contributed by atoms with van der Waals surface area (Å²) in [6.45, 7) is 3.54. The number of hydrogen-bond donors (Lipinski definition) is 3. The molecule has 0 aromatic carbocycles. The Labute approximate surface area is 345 Å². The van der Waals surface area contributed by atoms with E-state index in [9.17, 15) is 19.0 Å². The van der Waals surface area contributed by atoms with E-state index in [1.807, 2.05) is 0 Å². The molecule has 0 spiro atoms. The van der Waals surface area contributed by atoms with Crippen LogP contribution in [0.2, 0.25) is 0 Å². The van der Waals surface area contributed by atoms with Gasteiger partial charge < -0.3 is 25.2 Å². The number of esters is 1. The summed E-state index contributed by atoms with van der Waals surface area (Å²) < 4.78 is 33.3. The second kappa shape index (κ2) is 41.1. The van der Waals surface area contributed by atoms with Crippen LogP contribution in [-0.2, 0) is 32.7 Å². The molecule has 0 saturated heterocycles. The first-order valence-electron chi connectivity index (χ1n) is 21.3. The number of carboxylic acids is 1. The van der Waals surface area contributed by atoms with Gasteiger partial charge in [0.05, 0.1) is 19.8 Å². The van der Waals surface area contributed by atoms with Crippen LogP contribution in [0.5, 0.6) is 0 Å². The van der Waals surface area contributed by atoms with E-state index >= 15 is 0 Å². The van der Waals surface area contributed by atoms with Gasteiger partial charge in [-0.05, 0) is 89.9 Å². The Bertz CT molecular complexity index is 1270. The number of carbonyl (C=O) groups excluding carboxylic acids is 1. The van der Waals surface area contributed by atoms with Crippen LogP contribution in [0.25, 0.3) is 0 Å². The predicted molar refractivity (Wildman–Crippen MR) is 235 cm³/mol. The Morgan fingerprint density at radius 1 is 0.561 bits per heavy atom. The smallest absolute Gasteiger partial charge is 0.472 e. The van der Waals surface area contributed by atoms with E-state index in [4.69, 9.17) is 29.4 Å². The number of phosphoric ester groups is 1. The highest BCUT2D eigenvalue weighted by atomic mass is 31.2. The van der Waals surface area contributed by atoms with Gasteiger partial charge in [0, 0.05) is 13.0 Å². The molecular weight excluding hydrogens is 741 g/mol. The van der Waals surface area contributed by atoms with Crippen LogP contribution in [0, 0.1) is 0 Å². The van der Waals surface area contributed by atoms with Gasteiger partial charge in [-0.3, -0.25) is 18.6 Å². The normalized spacial score (nSPS) is 14.9. The van der Waals surface area contributed by atoms with Crippen molar-refractivity contribution in [2.45, 2.75) is 154 Å². The maximum absolute atomic E-state index is 12.6. The number of allylic oxidation sites excluding steroid dienone is 16. The molecule has 0 bridgehead atoms. The van der Waals surface area contributed by atoms with Crippen molar-refractivity contribution in [1.29, 1.82) is 0 Å². The van der Waals surface area contributed by atoms with Crippen LogP contribution in [0.3, 0.4) is 0 Å². The van der Waals surface area contributed by atoms with E-state index < -0.39 is 45.1 Å². The summed E-state index contributed by atoms with van der Waals surface area (Å²) in [5.74, 6) is -1.82. The average Bonchev–Trinajstić information content (AvgIpc) is 3.19. The van der Waals surface area contributed by atoms with Crippen molar-refractivity contribution in [2.75, 3.05) is 26.4 Å². The van der Waals surface area contributed by atoms with Gasteiger partial charge in [0.1, 0.15) is 12.1 Å². The monoisotopic (exact) mass is 818 g/mol. The summed E-state index contributed by atoms with van der Waals surface area (Å²) in [4.78, 5) is 33.5. The van der Waals surface area contributed by atoms with Crippen molar-refractivity contribution >= 4 is 19.8 Å². The number of carboxylic acid groups (broad SMARTS) is 1. The summed E-state index contributed by atoms with van der Waals surface area (Å²) in [6, 6.07) is -1.49. The number of nitrogens with two attached hydrogens (primary N) is 1. The highest BCUT2D eigenvalue weighted by Gasteiger charge is 2.27. The van der Waals surface area contributed by atoms with Crippen LogP contribution in [0.4, 0.5) is 0 Å². The van der Waals surface area contributed by atoms with Crippen LogP contribution in [0.15, 0.2) is 97.2 Å². The lowest BCUT2D eigenvalue weighted by Gasteiger charge is -2.20. The Morgan fingerprint density at radius 2 is 0.965 bits per heavy atom. The molecule has 0 aliphatic carbocycles. The second-order valence-corrected chi connectivity index (χ2v) is 15.2. The van der Waals surface area contributed by atoms with Crippen molar-refractivity contribution < 1.29 is 42.7 Å². The molecular formula is C46H76NO9P. The lowest BCUT2D eigenvalue weighted by atomic mass is 10.1. The molecule has 0 saturated carbocycles. The van der Waals surface area contributed by atoms with Crippen LogP contribution in [0.1, 0.15) is 142 Å². The molecule has 0 aliphatic heterocycles. The number of unbranched alkanes of at least 4 members (excludes halogenated alkanes) is 9. The zero-order valence-corrected chi connectivity index (χ0v) is 36.0. The second-order valence-electron chi connectivity index (χ2n) is 13.7. The quantitative estimate of drug-likeness (QED) is 0.0236. The molecule has 57 heavy (non-hydrogen) atoms. The minimum absolute atomic E-state index is 0.0143. The number of rotatable bonds is 39. The van der Waals surface area contributed by atoms with Crippen LogP contribution < -0.4 is 5.73 Å². The maximum atomic E-state index is 12.6. The van der Waals surface area contributed by atoms with Crippen molar-refractivity contribution in [3.63, 3.8) is 0 Å². The molecule has 10 nitrogen and oxygen atoms in total. The molecule has 0 aromatic heterocycles. The fraction of sp³-hybridized carbons (Fsp3) is 0.609. The van der Waals surface area contributed by atoms with Gasteiger partial charge in [-0.25, -0.2) is 4.57 Å². The molecule has 0 amide bonds. The summed E-state index contributed by atoms with van der Waals surface area (Å²) in [5.41, 5.74) is 5.35. The summed E-state index contributed by atoms with van der Waals surface area (Å²) in [7, 11) is -4.64. The van der Waals surface area contributed by atoms with Gasteiger partial charge in [-0.15, -0.1) is 0 Å². The minimum atomic E-state index is -4.64. The molecule has 3 unspecified atom stereocenters. The molecule has 0 aliphatic rings. The Morgan fingerprint density at radius 3 is 1.44 bits per heavy atom. The summed E-state index contributed by atoms with van der Waals surface area (Å²) in [6.07, 6.45) is 53.2. The fourth-order valence-electron chi connectivity index (χ4n) is 5.11. The lowest BCUT2D eigenvalue weighted by Crippen LogP contribution is -2.34. The van der Waals surface area contributed by atoms with E-state index in [1.54, 1.807) is 0 Å². The van der Waals surface area contributed by atoms with Crippen LogP contribution >= 0.6 is 7.82 Å². The first kappa shape index (κ1) is 53.9. The molecule has 3 atom stereocenters. The van der Waals surface area contributed by atoms with E-state index in [1.165, 1.54) is 0 Å². The molecule has 0 radical (unpaired) electrons. The topological polar surface area (TPSA) is 155 Å². The van der Waals surface area contributed by atoms with Crippen molar-refractivity contribution in [1.82, 2.24) is 0 Å². The summed E-state index contributed by atoms with van der Waals surface area (Å²) in [5, 5.41) is 8.89. The lowest BCUT2D eigenvalue weighted by molar-refractivity contribution is -0.154. The first-order valence-corrected chi connectivity index (χ1v) is 22.8. The van der Waals surface area contributed by atoms with Gasteiger partial charge in [-0.1, -0.05) is 143 Å². The highest BCUT2D eigenvalue weighted by molar-refractivity contribution is 7.47. The fourth-order valence-corrected chi connectivity index (χ4v) is 5.89. The SMILES string of the molecule is CC/C=C\C/C=C\C/C=C\C/C=C\C/C=C\CCCCCCOCC(COP(=O)(O)OCC(N)C(=O)O)OC(=O)CCCCCCC/C=C\C/C=C\C/C=C\CC. The molecule has 4 N–H and O–H groups in total. The Hall–Kier alpha value is -3.11. The molecule has 0 heterocycles. The van der Waals surface area contributed by atoms with Crippen molar-refractivity contribution in [3.05, 3.63) is 97.2 Å². The molecule has 11 heteroatoms. The van der Waals surface area contributed by atoms with E-state index in [-0.39, 0.29) is 13.0 Å². The third kappa shape index (κ3) is 40.9. The van der Waals surface area contributed by atoms with E-state index in [0.717, 1.165) is 116 Å². The summed E-state index contributed by atoms with van der Waals surface area (Å²) >= 11 is 0. The molecule has 0 rings (SSSR count). The first-order chi connectivity index (χ1) is 27.7. The zero-order valence-electron chi connectivity index (χ0n) is 35.1. The average molecular weight is 818 g/mol. The number of ether oxygens (including phenoxy) is 2. The number of hydrogen-bond acceptors (Lipinski definition) is 8. The van der Waals surface area contributed by atoms with Crippen molar-refractivity contribution in [2.24, 2.45) is 5.73 Å². The van der Waals surface area contributed by atoms with Gasteiger partial charge in [-0.2, -0.15) is 0 Å². The van der Waals surface area contributed by atoms with Crippen LogP contribution in [-0.4, -0.2) is 60.5 Å². The van der Waals surface area contributed by atoms with Gasteiger partial charge >= 0.3 is 19.8 Å². The molecule has 324 valence electrons. The number of carbonyl (C=O) groups is 2. The van der Waals surface area contributed by atoms with Gasteiger partial charge in [0.25, 0.3) is 0 Å². The Kier molecular flexibility index (Phi) is 38.8. The van der Waals surface area contributed by atoms with Gasteiger partial charge in [0.2, 0.25) is 0 Å². The predicted octanol–water partition coefficient (Wildman–Crippen LogP) is 11.8. The maximum Gasteiger partial charge on any atom is 0.472 e. The van der Waals surface area contributed by atoms with Gasteiger partial charge in [0.15, 0.2) is 0 Å². The molecule has 0 fully saturated rings.